The molecule has 1 N–H and O–H groups in total. The average Bonchev–Trinajstić information content (AvgIpc) is 2.68. The number of aromatic nitrogens is 2. The Bertz CT molecular complexity index is 629. The lowest BCUT2D eigenvalue weighted by Gasteiger charge is -2.15. The minimum Gasteiger partial charge on any atom is -0.312 e. The van der Waals surface area contributed by atoms with Gasteiger partial charge in [-0.3, -0.25) is 0 Å². The molecule has 0 aliphatic rings. The minimum atomic E-state index is 0.617. The third-order valence-corrected chi connectivity index (χ3v) is 4.18. The predicted molar refractivity (Wildman–Crippen MR) is 89.3 cm³/mol. The molecule has 2 aromatic rings. The topological polar surface area (TPSA) is 29.9 Å². The van der Waals surface area contributed by atoms with Crippen molar-refractivity contribution >= 4 is 11.6 Å². The molecule has 0 aliphatic heterocycles. The quantitative estimate of drug-likeness (QED) is 0.897. The zero-order valence-electron chi connectivity index (χ0n) is 13.5. The van der Waals surface area contributed by atoms with Crippen molar-refractivity contribution in [1.29, 1.82) is 0 Å². The number of nitrogens with one attached hydrogen (secondary N) is 1. The summed E-state index contributed by atoms with van der Waals surface area (Å²) in [5, 5.41) is 8.91. The lowest BCUT2D eigenvalue weighted by molar-refractivity contribution is 0.551. The summed E-state index contributed by atoms with van der Waals surface area (Å²) in [6.45, 7) is 12.4. The molecule has 0 amide bonds. The van der Waals surface area contributed by atoms with Gasteiger partial charge in [0.15, 0.2) is 0 Å². The lowest BCUT2D eigenvalue weighted by atomic mass is 10.1. The van der Waals surface area contributed by atoms with E-state index in [1.807, 2.05) is 23.7 Å². The van der Waals surface area contributed by atoms with Crippen LogP contribution in [-0.2, 0) is 6.54 Å². The number of rotatable bonds is 5. The maximum Gasteiger partial charge on any atom is 0.0708 e. The molecule has 0 saturated carbocycles. The molecule has 21 heavy (non-hydrogen) atoms. The predicted octanol–water partition coefficient (Wildman–Crippen LogP) is 4.20. The van der Waals surface area contributed by atoms with E-state index in [4.69, 9.17) is 11.6 Å². The van der Waals surface area contributed by atoms with Crippen LogP contribution >= 0.6 is 11.6 Å². The molecule has 0 spiro atoms. The summed E-state index contributed by atoms with van der Waals surface area (Å²) < 4.78 is 2.00. The second kappa shape index (κ2) is 6.63. The number of hydrogen-bond acceptors (Lipinski definition) is 2. The number of benzene rings is 1. The molecule has 0 atom stereocenters. The number of halogens is 1. The van der Waals surface area contributed by atoms with Crippen molar-refractivity contribution in [2.45, 2.75) is 41.2 Å². The first-order valence-corrected chi connectivity index (χ1v) is 7.81. The second-order valence-corrected chi connectivity index (χ2v) is 6.38. The van der Waals surface area contributed by atoms with Crippen LogP contribution in [0.4, 0.5) is 0 Å². The van der Waals surface area contributed by atoms with Crippen molar-refractivity contribution in [2.75, 3.05) is 6.54 Å². The smallest absolute Gasteiger partial charge is 0.0708 e. The molecule has 0 unspecified atom stereocenters. The normalized spacial score (nSPS) is 11.4. The molecule has 0 saturated heterocycles. The van der Waals surface area contributed by atoms with E-state index >= 15 is 0 Å². The summed E-state index contributed by atoms with van der Waals surface area (Å²) in [6.07, 6.45) is 0. The van der Waals surface area contributed by atoms with Crippen LogP contribution < -0.4 is 5.32 Å². The summed E-state index contributed by atoms with van der Waals surface area (Å²) in [5.74, 6) is 0.617. The molecule has 0 fully saturated rings. The zero-order chi connectivity index (χ0) is 15.6. The van der Waals surface area contributed by atoms with E-state index in [0.717, 1.165) is 35.1 Å². The first kappa shape index (κ1) is 16.1. The molecule has 1 aromatic heterocycles. The minimum absolute atomic E-state index is 0.617. The SMILES string of the molecule is Cc1nn(-c2cccc(Cl)c2CNCC(C)C)c(C)c1C. The van der Waals surface area contributed by atoms with Crippen molar-refractivity contribution in [2.24, 2.45) is 5.92 Å². The van der Waals surface area contributed by atoms with Crippen molar-refractivity contribution in [3.05, 3.63) is 45.7 Å². The van der Waals surface area contributed by atoms with Gasteiger partial charge in [-0.25, -0.2) is 4.68 Å². The Labute approximate surface area is 132 Å². The maximum atomic E-state index is 6.41. The zero-order valence-corrected chi connectivity index (χ0v) is 14.3. The van der Waals surface area contributed by atoms with E-state index in [1.54, 1.807) is 0 Å². The molecule has 0 aliphatic carbocycles. The van der Waals surface area contributed by atoms with E-state index in [2.05, 4.69) is 44.2 Å². The van der Waals surface area contributed by atoms with E-state index in [0.29, 0.717) is 5.92 Å². The fraction of sp³-hybridized carbons (Fsp3) is 0.471. The van der Waals surface area contributed by atoms with Crippen molar-refractivity contribution in [3.8, 4) is 5.69 Å². The Balaban J connectivity index is 2.39. The van der Waals surface area contributed by atoms with Crippen molar-refractivity contribution in [3.63, 3.8) is 0 Å². The highest BCUT2D eigenvalue weighted by Gasteiger charge is 2.14. The molecule has 3 nitrogen and oxygen atoms in total. The van der Waals surface area contributed by atoms with Gasteiger partial charge in [0.2, 0.25) is 0 Å². The molecule has 4 heteroatoms. The Morgan fingerprint density at radius 2 is 1.95 bits per heavy atom. The van der Waals surface area contributed by atoms with Crippen LogP contribution in [0.5, 0.6) is 0 Å². The van der Waals surface area contributed by atoms with Crippen LogP contribution in [0.25, 0.3) is 5.69 Å². The van der Waals surface area contributed by atoms with E-state index in [1.165, 1.54) is 11.3 Å². The van der Waals surface area contributed by atoms with Crippen LogP contribution in [-0.4, -0.2) is 16.3 Å². The molecular formula is C17H24ClN3. The third kappa shape index (κ3) is 3.47. The second-order valence-electron chi connectivity index (χ2n) is 5.97. The van der Waals surface area contributed by atoms with Crippen molar-refractivity contribution in [1.82, 2.24) is 15.1 Å². The van der Waals surface area contributed by atoms with Crippen LogP contribution in [0.1, 0.15) is 36.4 Å². The van der Waals surface area contributed by atoms with E-state index in [9.17, 15) is 0 Å². The fourth-order valence-electron chi connectivity index (χ4n) is 2.36. The largest absolute Gasteiger partial charge is 0.312 e. The molecule has 0 bridgehead atoms. The fourth-order valence-corrected chi connectivity index (χ4v) is 2.60. The van der Waals surface area contributed by atoms with Crippen molar-refractivity contribution < 1.29 is 0 Å². The monoisotopic (exact) mass is 305 g/mol. The average molecular weight is 306 g/mol. The number of hydrogen-bond donors (Lipinski definition) is 1. The van der Waals surface area contributed by atoms with Crippen LogP contribution in [0, 0.1) is 26.7 Å². The summed E-state index contributed by atoms with van der Waals surface area (Å²) in [7, 11) is 0. The highest BCUT2D eigenvalue weighted by Crippen LogP contribution is 2.25. The summed E-state index contributed by atoms with van der Waals surface area (Å²) in [5.41, 5.74) is 5.63. The molecule has 114 valence electrons. The Hall–Kier alpha value is -1.32. The van der Waals surface area contributed by atoms with Gasteiger partial charge in [0.05, 0.1) is 11.4 Å². The van der Waals surface area contributed by atoms with E-state index in [-0.39, 0.29) is 0 Å². The van der Waals surface area contributed by atoms with Gasteiger partial charge in [0.25, 0.3) is 0 Å². The Morgan fingerprint density at radius 3 is 2.52 bits per heavy atom. The van der Waals surface area contributed by atoms with Gasteiger partial charge in [-0.05, 0) is 50.9 Å². The molecule has 1 aromatic carbocycles. The van der Waals surface area contributed by atoms with Gasteiger partial charge in [-0.1, -0.05) is 31.5 Å². The van der Waals surface area contributed by atoms with Gasteiger partial charge in [-0.2, -0.15) is 5.10 Å². The van der Waals surface area contributed by atoms with Gasteiger partial charge in [-0.15, -0.1) is 0 Å². The summed E-state index contributed by atoms with van der Waals surface area (Å²) in [4.78, 5) is 0. The van der Waals surface area contributed by atoms with Crippen LogP contribution in [0.3, 0.4) is 0 Å². The highest BCUT2D eigenvalue weighted by molar-refractivity contribution is 6.31. The maximum absolute atomic E-state index is 6.41. The standard InChI is InChI=1S/C17H24ClN3/c1-11(2)9-19-10-15-16(18)7-6-8-17(15)21-14(5)12(3)13(4)20-21/h6-8,11,19H,9-10H2,1-5H3. The molecule has 0 radical (unpaired) electrons. The Morgan fingerprint density at radius 1 is 1.24 bits per heavy atom. The Kier molecular flexibility index (Phi) is 5.07. The number of aryl methyl sites for hydroxylation is 1. The molecule has 2 rings (SSSR count). The van der Waals surface area contributed by atoms with Gasteiger partial charge in [0.1, 0.15) is 0 Å². The molecular weight excluding hydrogens is 282 g/mol. The van der Waals surface area contributed by atoms with Gasteiger partial charge >= 0.3 is 0 Å². The highest BCUT2D eigenvalue weighted by atomic mass is 35.5. The first-order valence-electron chi connectivity index (χ1n) is 7.43. The van der Waals surface area contributed by atoms with Gasteiger partial charge in [0, 0.05) is 22.8 Å². The van der Waals surface area contributed by atoms with Crippen LogP contribution in [0.15, 0.2) is 18.2 Å². The third-order valence-electron chi connectivity index (χ3n) is 3.83. The summed E-state index contributed by atoms with van der Waals surface area (Å²) in [6, 6.07) is 6.00. The van der Waals surface area contributed by atoms with E-state index < -0.39 is 0 Å². The summed E-state index contributed by atoms with van der Waals surface area (Å²) >= 11 is 6.41. The lowest BCUT2D eigenvalue weighted by Crippen LogP contribution is -2.20. The van der Waals surface area contributed by atoms with Crippen LogP contribution in [0.2, 0.25) is 5.02 Å². The molecule has 1 heterocycles. The van der Waals surface area contributed by atoms with Gasteiger partial charge < -0.3 is 5.32 Å². The first-order chi connectivity index (χ1) is 9.91. The number of nitrogens with zero attached hydrogens (tertiary/aromatic N) is 2.